The molecule has 84 valence electrons. The Morgan fingerprint density at radius 1 is 1.44 bits per heavy atom. The van der Waals surface area contributed by atoms with E-state index >= 15 is 0 Å². The van der Waals surface area contributed by atoms with Gasteiger partial charge in [-0.3, -0.25) is 0 Å². The van der Waals surface area contributed by atoms with E-state index in [4.69, 9.17) is 10.5 Å². The molecule has 0 aromatic carbocycles. The SMILES string of the molecule is N#CSCCc1c(CSC#N)n([O-])s[n+]1=O. The minimum Gasteiger partial charge on any atom is -0.700 e. The van der Waals surface area contributed by atoms with Crippen molar-refractivity contribution in [3.8, 4) is 10.8 Å². The molecule has 0 saturated carbocycles. The largest absolute Gasteiger partial charge is 0.700 e. The highest BCUT2D eigenvalue weighted by atomic mass is 32.2. The van der Waals surface area contributed by atoms with Crippen molar-refractivity contribution in [2.45, 2.75) is 12.2 Å². The van der Waals surface area contributed by atoms with Gasteiger partial charge in [0.25, 0.3) is 11.7 Å². The van der Waals surface area contributed by atoms with Gasteiger partial charge in [0.2, 0.25) is 5.69 Å². The molecule has 0 amide bonds. The Labute approximate surface area is 104 Å². The van der Waals surface area contributed by atoms with E-state index in [0.717, 1.165) is 23.5 Å². The van der Waals surface area contributed by atoms with Crippen LogP contribution < -0.4 is 3.82 Å². The van der Waals surface area contributed by atoms with Gasteiger partial charge >= 0.3 is 0 Å². The smallest absolute Gasteiger partial charge is 0.282 e. The van der Waals surface area contributed by atoms with Crippen LogP contribution in [0.25, 0.3) is 0 Å². The molecule has 0 spiro atoms. The third-order valence-electron chi connectivity index (χ3n) is 1.70. The number of aromatic nitrogens is 2. The maximum Gasteiger partial charge on any atom is 0.282 e. The van der Waals surface area contributed by atoms with Crippen LogP contribution in [-0.2, 0) is 12.2 Å². The molecule has 1 aromatic rings. The van der Waals surface area contributed by atoms with Crippen LogP contribution in [0.3, 0.4) is 0 Å². The van der Waals surface area contributed by atoms with Crippen LogP contribution in [0.15, 0.2) is 0 Å². The number of hydrogen-bond acceptors (Lipinski definition) is 7. The fraction of sp³-hybridized carbons (Fsp3) is 0.429. The van der Waals surface area contributed by atoms with Crippen LogP contribution >= 0.6 is 35.3 Å². The summed E-state index contributed by atoms with van der Waals surface area (Å²) in [4.78, 5) is 11.3. The van der Waals surface area contributed by atoms with Gasteiger partial charge in [-0.15, -0.1) is 0 Å². The van der Waals surface area contributed by atoms with Crippen LogP contribution in [0.5, 0.6) is 0 Å². The van der Waals surface area contributed by atoms with E-state index in [1.165, 1.54) is 0 Å². The topological polar surface area (TPSA) is 98.5 Å². The third-order valence-corrected chi connectivity index (χ3v) is 3.52. The summed E-state index contributed by atoms with van der Waals surface area (Å²) in [6.07, 6.45) is 0.356. The second kappa shape index (κ2) is 6.43. The van der Waals surface area contributed by atoms with Crippen LogP contribution in [0.2, 0.25) is 0 Å². The minimum atomic E-state index is 0.193. The van der Waals surface area contributed by atoms with Crippen molar-refractivity contribution in [3.05, 3.63) is 21.5 Å². The van der Waals surface area contributed by atoms with Crippen LogP contribution in [0, 0.1) is 31.4 Å². The molecular formula is C7H6N4O2S3. The second-order valence-corrected chi connectivity index (χ2v) is 5.02. The fourth-order valence-corrected chi connectivity index (χ4v) is 2.69. The first-order chi connectivity index (χ1) is 7.70. The number of thiocyanates is 2. The Balaban J connectivity index is 2.85. The first-order valence-electron chi connectivity index (χ1n) is 4.07. The molecule has 0 unspecified atom stereocenters. The van der Waals surface area contributed by atoms with Gasteiger partial charge in [0.15, 0.2) is 5.69 Å². The van der Waals surface area contributed by atoms with Gasteiger partial charge in [0.05, 0.1) is 9.57 Å². The lowest BCUT2D eigenvalue weighted by Gasteiger charge is -1.98. The molecular weight excluding hydrogens is 268 g/mol. The lowest BCUT2D eigenvalue weighted by Crippen LogP contribution is -2.15. The normalized spacial score (nSPS) is 9.62. The Bertz CT molecular complexity index is 495. The minimum absolute atomic E-state index is 0.193. The van der Waals surface area contributed by atoms with Gasteiger partial charge in [-0.25, -0.2) is 0 Å². The van der Waals surface area contributed by atoms with Gasteiger partial charge in [-0.2, -0.15) is 14.6 Å². The zero-order valence-corrected chi connectivity index (χ0v) is 10.4. The maximum atomic E-state index is 11.3. The number of nitrogens with zero attached hydrogens (tertiary/aromatic N) is 4. The highest BCUT2D eigenvalue weighted by Gasteiger charge is 2.20. The quantitative estimate of drug-likeness (QED) is 0.455. The summed E-state index contributed by atoms with van der Waals surface area (Å²) in [6, 6.07) is 0. The zero-order valence-electron chi connectivity index (χ0n) is 7.95. The van der Waals surface area contributed by atoms with Gasteiger partial charge in [-0.05, 0) is 28.4 Å². The Kier molecular flexibility index (Phi) is 5.19. The Hall–Kier alpha value is -1.16. The maximum absolute atomic E-state index is 11.3. The molecule has 0 N–H and O–H groups in total. The lowest BCUT2D eigenvalue weighted by molar-refractivity contribution is -0.425. The Morgan fingerprint density at radius 2 is 2.12 bits per heavy atom. The van der Waals surface area contributed by atoms with E-state index in [9.17, 15) is 10.1 Å². The molecule has 0 aliphatic heterocycles. The van der Waals surface area contributed by atoms with Gasteiger partial charge in [-0.1, -0.05) is 0 Å². The van der Waals surface area contributed by atoms with Crippen molar-refractivity contribution >= 4 is 35.3 Å². The molecule has 0 saturated heterocycles. The van der Waals surface area contributed by atoms with Gasteiger partial charge in [0.1, 0.15) is 10.8 Å². The number of rotatable bonds is 5. The van der Waals surface area contributed by atoms with Gasteiger partial charge in [0, 0.05) is 12.2 Å². The van der Waals surface area contributed by atoms with Crippen LogP contribution in [-0.4, -0.2) is 9.87 Å². The number of thioether (sulfide) groups is 2. The van der Waals surface area contributed by atoms with E-state index in [0.29, 0.717) is 43.2 Å². The highest BCUT2D eigenvalue weighted by molar-refractivity contribution is 8.03. The predicted molar refractivity (Wildman–Crippen MR) is 63.1 cm³/mol. The monoisotopic (exact) mass is 274 g/mol. The van der Waals surface area contributed by atoms with Crippen molar-refractivity contribution in [3.63, 3.8) is 0 Å². The van der Waals surface area contributed by atoms with Crippen LogP contribution in [0.1, 0.15) is 11.4 Å². The molecule has 0 fully saturated rings. The van der Waals surface area contributed by atoms with Crippen molar-refractivity contribution in [2.24, 2.45) is 0 Å². The molecule has 0 atom stereocenters. The van der Waals surface area contributed by atoms with Crippen LogP contribution in [0.4, 0.5) is 0 Å². The summed E-state index contributed by atoms with van der Waals surface area (Å²) in [5.74, 6) is 0.651. The van der Waals surface area contributed by atoms with Crippen molar-refractivity contribution in [2.75, 3.05) is 5.75 Å². The molecule has 1 heterocycles. The van der Waals surface area contributed by atoms with Gasteiger partial charge < -0.3 is 5.21 Å². The average Bonchev–Trinajstić information content (AvgIpc) is 2.52. The first kappa shape index (κ1) is 12.9. The summed E-state index contributed by atoms with van der Waals surface area (Å²) in [7, 11) is 0. The summed E-state index contributed by atoms with van der Waals surface area (Å²) in [5.41, 5.74) is 0.663. The van der Waals surface area contributed by atoms with E-state index < -0.39 is 0 Å². The summed E-state index contributed by atoms with van der Waals surface area (Å²) in [6.45, 7) is 0. The predicted octanol–water partition coefficient (Wildman–Crippen LogP) is 1.28. The summed E-state index contributed by atoms with van der Waals surface area (Å²) >= 11 is 2.45. The Morgan fingerprint density at radius 3 is 2.75 bits per heavy atom. The molecule has 9 heteroatoms. The van der Waals surface area contributed by atoms with E-state index in [1.807, 2.05) is 10.8 Å². The van der Waals surface area contributed by atoms with E-state index in [1.54, 1.807) is 0 Å². The summed E-state index contributed by atoms with van der Waals surface area (Å²) in [5, 5.41) is 31.8. The summed E-state index contributed by atoms with van der Waals surface area (Å²) < 4.78 is 1.06. The third kappa shape index (κ3) is 3.17. The molecule has 1 rings (SSSR count). The molecule has 16 heavy (non-hydrogen) atoms. The molecule has 0 aliphatic carbocycles. The van der Waals surface area contributed by atoms with Crippen molar-refractivity contribution < 1.29 is 3.82 Å². The number of nitriles is 2. The van der Waals surface area contributed by atoms with E-state index in [2.05, 4.69) is 0 Å². The highest BCUT2D eigenvalue weighted by Crippen LogP contribution is 2.16. The van der Waals surface area contributed by atoms with Crippen molar-refractivity contribution in [1.29, 1.82) is 10.5 Å². The standard InChI is InChI=1S/C7H6N4O2S3/c8-4-14-2-1-6-7(3-15-5-9)11(13)16-10(6)12/h1-3H2. The number of hydrogen-bond donors (Lipinski definition) is 0. The molecule has 0 radical (unpaired) electrons. The molecule has 6 nitrogen and oxygen atoms in total. The fourth-order valence-electron chi connectivity index (χ4n) is 1.04. The molecule has 1 aromatic heterocycles. The average molecular weight is 274 g/mol. The first-order valence-corrected chi connectivity index (χ1v) is 6.77. The molecule has 0 bridgehead atoms. The molecule has 0 aliphatic rings. The second-order valence-electron chi connectivity index (χ2n) is 2.56. The zero-order chi connectivity index (χ0) is 12.0. The lowest BCUT2D eigenvalue weighted by atomic mass is 10.3. The van der Waals surface area contributed by atoms with E-state index in [-0.39, 0.29) is 5.75 Å². The van der Waals surface area contributed by atoms with Crippen molar-refractivity contribution in [1.82, 2.24) is 4.12 Å².